The number of aromatic nitrogens is 2. The summed E-state index contributed by atoms with van der Waals surface area (Å²) in [6.45, 7) is 4.70. The molecule has 0 radical (unpaired) electrons. The fraction of sp³-hybridized carbons (Fsp3) is 0.267. The first-order valence-corrected chi connectivity index (χ1v) is 7.14. The predicted octanol–water partition coefficient (Wildman–Crippen LogP) is 1.62. The van der Waals surface area contributed by atoms with Gasteiger partial charge in [0.05, 0.1) is 24.1 Å². The quantitative estimate of drug-likeness (QED) is 0.627. The van der Waals surface area contributed by atoms with E-state index in [0.717, 1.165) is 0 Å². The maximum absolute atomic E-state index is 12.4. The van der Waals surface area contributed by atoms with Crippen LogP contribution in [0.25, 0.3) is 10.9 Å². The third-order valence-electron chi connectivity index (χ3n) is 3.17. The number of nitrogens with zero attached hydrogens (tertiary/aromatic N) is 1. The molecule has 0 spiro atoms. The van der Waals surface area contributed by atoms with Gasteiger partial charge in [0, 0.05) is 19.2 Å². The lowest BCUT2D eigenvalue weighted by Crippen LogP contribution is -2.25. The molecular weight excluding hydrogens is 302 g/mol. The summed E-state index contributed by atoms with van der Waals surface area (Å²) in [5, 5.41) is 3.16. The Morgan fingerprint density at radius 2 is 2.32 bits per heavy atom. The van der Waals surface area contributed by atoms with Crippen molar-refractivity contribution in [1.29, 1.82) is 0 Å². The smallest absolute Gasteiger partial charge is 0.262 e. The summed E-state index contributed by atoms with van der Waals surface area (Å²) in [4.78, 5) is 27.3. The van der Waals surface area contributed by atoms with Crippen LogP contribution < -0.4 is 10.9 Å². The number of amides is 1. The van der Waals surface area contributed by atoms with E-state index < -0.39 is 0 Å². The van der Waals surface area contributed by atoms with E-state index in [9.17, 15) is 9.59 Å². The lowest BCUT2D eigenvalue weighted by molar-refractivity contribution is 0.0958. The van der Waals surface area contributed by atoms with Crippen molar-refractivity contribution in [3.63, 3.8) is 0 Å². The first-order valence-electron chi connectivity index (χ1n) is 6.73. The summed E-state index contributed by atoms with van der Waals surface area (Å²) in [6, 6.07) is 4.85. The number of nitrogens with one attached hydrogen (secondary N) is 2. The monoisotopic (exact) mass is 319 g/mol. The van der Waals surface area contributed by atoms with Gasteiger partial charge in [0.15, 0.2) is 4.77 Å². The predicted molar refractivity (Wildman–Crippen MR) is 87.8 cm³/mol. The maximum Gasteiger partial charge on any atom is 0.262 e. The third kappa shape index (κ3) is 3.32. The second-order valence-electron chi connectivity index (χ2n) is 4.64. The molecule has 0 saturated heterocycles. The average Bonchev–Trinajstić information content (AvgIpc) is 2.51. The molecule has 1 amide bonds. The number of carbonyl (C=O) groups is 1. The van der Waals surface area contributed by atoms with Gasteiger partial charge in [-0.2, -0.15) is 0 Å². The number of hydrogen-bond acceptors (Lipinski definition) is 4. The summed E-state index contributed by atoms with van der Waals surface area (Å²) in [6.07, 6.45) is 1.60. The second-order valence-corrected chi connectivity index (χ2v) is 5.03. The van der Waals surface area contributed by atoms with E-state index in [2.05, 4.69) is 16.9 Å². The Balaban J connectivity index is 2.47. The van der Waals surface area contributed by atoms with Crippen LogP contribution in [0.2, 0.25) is 0 Å². The van der Waals surface area contributed by atoms with Crippen LogP contribution in [0.5, 0.6) is 0 Å². The zero-order valence-corrected chi connectivity index (χ0v) is 13.0. The molecule has 0 fully saturated rings. The number of hydrogen-bond donors (Lipinski definition) is 2. The standard InChI is InChI=1S/C15H17N3O3S/c1-3-6-16-13(19)10-4-5-11-12(9-10)17-15(22)18(14(11)20)7-8-21-2/h3-5,9H,1,6-8H2,2H3,(H,16,19)(H,17,22). The Bertz CT molecular complexity index is 823. The molecule has 0 aliphatic rings. The van der Waals surface area contributed by atoms with Crippen molar-refractivity contribution in [1.82, 2.24) is 14.9 Å². The van der Waals surface area contributed by atoms with Gasteiger partial charge >= 0.3 is 0 Å². The fourth-order valence-electron chi connectivity index (χ4n) is 2.05. The topological polar surface area (TPSA) is 76.1 Å². The Hall–Kier alpha value is -2.25. The largest absolute Gasteiger partial charge is 0.383 e. The highest BCUT2D eigenvalue weighted by molar-refractivity contribution is 7.71. The highest BCUT2D eigenvalue weighted by atomic mass is 32.1. The molecule has 1 aromatic carbocycles. The van der Waals surface area contributed by atoms with E-state index >= 15 is 0 Å². The van der Waals surface area contributed by atoms with Crippen molar-refractivity contribution in [2.45, 2.75) is 6.54 Å². The van der Waals surface area contributed by atoms with Crippen LogP contribution >= 0.6 is 12.2 Å². The van der Waals surface area contributed by atoms with E-state index in [1.807, 2.05) is 0 Å². The van der Waals surface area contributed by atoms with Crippen molar-refractivity contribution in [3.05, 3.63) is 51.5 Å². The minimum absolute atomic E-state index is 0.200. The van der Waals surface area contributed by atoms with Crippen LogP contribution in [-0.4, -0.2) is 35.7 Å². The zero-order valence-electron chi connectivity index (χ0n) is 12.2. The number of methoxy groups -OCH3 is 1. The molecule has 1 heterocycles. The Kier molecular flexibility index (Phi) is 5.24. The first-order chi connectivity index (χ1) is 10.6. The van der Waals surface area contributed by atoms with Crippen molar-refractivity contribution >= 4 is 29.0 Å². The van der Waals surface area contributed by atoms with Gasteiger partial charge in [-0.1, -0.05) is 6.08 Å². The van der Waals surface area contributed by atoms with E-state index in [1.165, 1.54) is 4.57 Å². The highest BCUT2D eigenvalue weighted by Gasteiger charge is 2.09. The van der Waals surface area contributed by atoms with Crippen LogP contribution in [0.4, 0.5) is 0 Å². The molecule has 0 aliphatic carbocycles. The van der Waals surface area contributed by atoms with E-state index in [4.69, 9.17) is 17.0 Å². The molecular formula is C15H17N3O3S. The molecule has 2 rings (SSSR count). The lowest BCUT2D eigenvalue weighted by atomic mass is 10.1. The van der Waals surface area contributed by atoms with Crippen molar-refractivity contribution < 1.29 is 9.53 Å². The number of aromatic amines is 1. The number of benzene rings is 1. The summed E-state index contributed by atoms with van der Waals surface area (Å²) < 4.78 is 6.72. The van der Waals surface area contributed by atoms with Gasteiger partial charge in [0.1, 0.15) is 0 Å². The Morgan fingerprint density at radius 3 is 3.00 bits per heavy atom. The average molecular weight is 319 g/mol. The molecule has 22 heavy (non-hydrogen) atoms. The van der Waals surface area contributed by atoms with Crippen molar-refractivity contribution in [2.24, 2.45) is 0 Å². The number of H-pyrrole nitrogens is 1. The Labute approximate surface area is 132 Å². The van der Waals surface area contributed by atoms with Gasteiger partial charge in [-0.25, -0.2) is 0 Å². The summed E-state index contributed by atoms with van der Waals surface area (Å²) in [5.74, 6) is -0.232. The normalized spacial score (nSPS) is 10.6. The van der Waals surface area contributed by atoms with E-state index in [1.54, 1.807) is 31.4 Å². The van der Waals surface area contributed by atoms with Gasteiger partial charge in [0.25, 0.3) is 11.5 Å². The van der Waals surface area contributed by atoms with Gasteiger partial charge in [-0.3, -0.25) is 14.2 Å². The minimum atomic E-state index is -0.232. The van der Waals surface area contributed by atoms with Crippen molar-refractivity contribution in [3.8, 4) is 0 Å². The highest BCUT2D eigenvalue weighted by Crippen LogP contribution is 2.11. The molecule has 116 valence electrons. The van der Waals surface area contributed by atoms with E-state index in [0.29, 0.717) is 40.9 Å². The van der Waals surface area contributed by atoms with Gasteiger partial charge < -0.3 is 15.0 Å². The fourth-order valence-corrected chi connectivity index (χ4v) is 2.33. The van der Waals surface area contributed by atoms with Crippen LogP contribution in [0.15, 0.2) is 35.6 Å². The number of rotatable bonds is 6. The van der Waals surface area contributed by atoms with Crippen LogP contribution in [-0.2, 0) is 11.3 Å². The van der Waals surface area contributed by atoms with Crippen LogP contribution in [0.3, 0.4) is 0 Å². The van der Waals surface area contributed by atoms with E-state index in [-0.39, 0.29) is 11.5 Å². The number of carbonyl (C=O) groups excluding carboxylic acids is 1. The SMILES string of the molecule is C=CCNC(=O)c1ccc2c(=O)n(CCOC)c(=S)[nH]c2c1. The molecule has 1 aromatic heterocycles. The number of fused-ring (bicyclic) bond motifs is 1. The summed E-state index contributed by atoms with van der Waals surface area (Å²) in [5.41, 5.74) is 0.790. The maximum atomic E-state index is 12.4. The zero-order chi connectivity index (χ0) is 16.1. The minimum Gasteiger partial charge on any atom is -0.383 e. The van der Waals surface area contributed by atoms with Gasteiger partial charge in [-0.15, -0.1) is 6.58 Å². The molecule has 6 nitrogen and oxygen atoms in total. The van der Waals surface area contributed by atoms with Crippen LogP contribution in [0, 0.1) is 4.77 Å². The Morgan fingerprint density at radius 1 is 1.55 bits per heavy atom. The van der Waals surface area contributed by atoms with Gasteiger partial charge in [0.2, 0.25) is 0 Å². The molecule has 0 atom stereocenters. The molecule has 0 aliphatic heterocycles. The summed E-state index contributed by atoms with van der Waals surface area (Å²) in [7, 11) is 1.56. The molecule has 7 heteroatoms. The molecule has 0 saturated carbocycles. The lowest BCUT2D eigenvalue weighted by Gasteiger charge is -2.08. The molecule has 2 N–H and O–H groups in total. The van der Waals surface area contributed by atoms with Crippen LogP contribution in [0.1, 0.15) is 10.4 Å². The number of ether oxygens (including phenoxy) is 1. The molecule has 0 bridgehead atoms. The van der Waals surface area contributed by atoms with Crippen molar-refractivity contribution in [2.75, 3.05) is 20.3 Å². The molecule has 2 aromatic rings. The second kappa shape index (κ2) is 7.15. The molecule has 0 unspecified atom stereocenters. The van der Waals surface area contributed by atoms with Gasteiger partial charge in [-0.05, 0) is 30.4 Å². The third-order valence-corrected chi connectivity index (χ3v) is 3.49. The first kappa shape index (κ1) is 16.1. The summed E-state index contributed by atoms with van der Waals surface area (Å²) >= 11 is 5.20.